The van der Waals surface area contributed by atoms with Crippen LogP contribution in [0.2, 0.25) is 5.02 Å². The molecule has 0 unspecified atom stereocenters. The summed E-state index contributed by atoms with van der Waals surface area (Å²) in [6.07, 6.45) is 3.02. The monoisotopic (exact) mass is 356 g/mol. The van der Waals surface area contributed by atoms with E-state index in [1.807, 2.05) is 39.0 Å². The van der Waals surface area contributed by atoms with E-state index in [0.717, 1.165) is 5.56 Å². The lowest BCUT2D eigenvalue weighted by Crippen LogP contribution is -2.40. The second kappa shape index (κ2) is 7.99. The molecule has 130 valence electrons. The molecule has 0 atom stereocenters. The van der Waals surface area contributed by atoms with Gasteiger partial charge in [-0.15, -0.1) is 0 Å². The number of nitrogens with one attached hydrogen (secondary N) is 2. The van der Waals surface area contributed by atoms with Gasteiger partial charge in [-0.2, -0.15) is 0 Å². The third-order valence-electron chi connectivity index (χ3n) is 3.24. The Morgan fingerprint density at radius 3 is 2.32 bits per heavy atom. The fourth-order valence-corrected chi connectivity index (χ4v) is 2.35. The summed E-state index contributed by atoms with van der Waals surface area (Å²) in [5, 5.41) is 6.19. The molecule has 0 radical (unpaired) electrons. The zero-order valence-corrected chi connectivity index (χ0v) is 15.2. The van der Waals surface area contributed by atoms with Crippen molar-refractivity contribution < 1.29 is 9.59 Å². The number of halogens is 1. The highest BCUT2D eigenvalue weighted by molar-refractivity contribution is 6.32. The van der Waals surface area contributed by atoms with E-state index in [1.165, 1.54) is 6.08 Å². The third-order valence-corrected chi connectivity index (χ3v) is 3.58. The summed E-state index contributed by atoms with van der Waals surface area (Å²) in [7, 11) is 0. The van der Waals surface area contributed by atoms with Crippen molar-refractivity contribution >= 4 is 35.2 Å². The average molecular weight is 357 g/mol. The van der Waals surface area contributed by atoms with Gasteiger partial charge in [-0.1, -0.05) is 41.9 Å². The Morgan fingerprint density at radius 2 is 1.64 bits per heavy atom. The maximum Gasteiger partial charge on any atom is 0.253 e. The van der Waals surface area contributed by atoms with Gasteiger partial charge < -0.3 is 10.6 Å². The zero-order valence-electron chi connectivity index (χ0n) is 14.5. The number of hydrogen-bond donors (Lipinski definition) is 2. The van der Waals surface area contributed by atoms with E-state index in [4.69, 9.17) is 11.6 Å². The van der Waals surface area contributed by atoms with Gasteiger partial charge >= 0.3 is 0 Å². The number of benzene rings is 2. The molecule has 0 spiro atoms. The minimum absolute atomic E-state index is 0.238. The summed E-state index contributed by atoms with van der Waals surface area (Å²) in [5.41, 5.74) is 1.26. The predicted octanol–water partition coefficient (Wildman–Crippen LogP) is 4.52. The Balaban J connectivity index is 2.14. The standard InChI is InChI=1S/C20H21ClN2O2/c1-20(2,3)23-19(25)15-9-5-7-11-17(15)22-18(24)13-12-14-8-4-6-10-16(14)21/h4-13H,1-3H3,(H,22,24)(H,23,25)/b13-12+. The minimum Gasteiger partial charge on any atom is -0.347 e. The van der Waals surface area contributed by atoms with Gasteiger partial charge in [0.05, 0.1) is 11.3 Å². The molecule has 0 aromatic heterocycles. The van der Waals surface area contributed by atoms with Crippen molar-refractivity contribution in [1.82, 2.24) is 5.32 Å². The molecular formula is C20H21ClN2O2. The Morgan fingerprint density at radius 1 is 1.00 bits per heavy atom. The largest absolute Gasteiger partial charge is 0.347 e. The molecule has 0 saturated heterocycles. The van der Waals surface area contributed by atoms with Crippen LogP contribution >= 0.6 is 11.6 Å². The summed E-state index contributed by atoms with van der Waals surface area (Å²) in [5.74, 6) is -0.575. The van der Waals surface area contributed by atoms with E-state index in [9.17, 15) is 9.59 Å². The first-order valence-electron chi connectivity index (χ1n) is 7.91. The second-order valence-electron chi connectivity index (χ2n) is 6.59. The summed E-state index contributed by atoms with van der Waals surface area (Å²) < 4.78 is 0. The van der Waals surface area contributed by atoms with Crippen LogP contribution in [0.25, 0.3) is 6.08 Å². The van der Waals surface area contributed by atoms with Crippen molar-refractivity contribution in [2.24, 2.45) is 0 Å². The molecule has 0 heterocycles. The fourth-order valence-electron chi connectivity index (χ4n) is 2.15. The van der Waals surface area contributed by atoms with Gasteiger partial charge in [0, 0.05) is 16.6 Å². The molecule has 2 N–H and O–H groups in total. The molecule has 0 bridgehead atoms. The van der Waals surface area contributed by atoms with Crippen molar-refractivity contribution in [2.75, 3.05) is 5.32 Å². The van der Waals surface area contributed by atoms with Gasteiger partial charge in [-0.3, -0.25) is 9.59 Å². The molecule has 0 saturated carbocycles. The smallest absolute Gasteiger partial charge is 0.253 e. The number of para-hydroxylation sites is 1. The third kappa shape index (κ3) is 5.76. The van der Waals surface area contributed by atoms with Crippen molar-refractivity contribution in [3.8, 4) is 0 Å². The Labute approximate surface area is 152 Å². The second-order valence-corrected chi connectivity index (χ2v) is 7.00. The minimum atomic E-state index is -0.363. The molecule has 4 nitrogen and oxygen atoms in total. The maximum atomic E-state index is 12.4. The summed E-state index contributed by atoms with van der Waals surface area (Å²) in [6, 6.07) is 14.1. The summed E-state index contributed by atoms with van der Waals surface area (Å²) in [6.45, 7) is 5.70. The zero-order chi connectivity index (χ0) is 18.4. The normalized spacial score (nSPS) is 11.4. The highest BCUT2D eigenvalue weighted by atomic mass is 35.5. The lowest BCUT2D eigenvalue weighted by molar-refractivity contribution is -0.111. The fraction of sp³-hybridized carbons (Fsp3) is 0.200. The molecule has 2 aromatic rings. The van der Waals surface area contributed by atoms with Crippen LogP contribution < -0.4 is 10.6 Å². The molecule has 2 amide bonds. The van der Waals surface area contributed by atoms with Gasteiger partial charge in [0.2, 0.25) is 5.91 Å². The molecule has 0 fully saturated rings. The van der Waals surface area contributed by atoms with Gasteiger partial charge in [-0.25, -0.2) is 0 Å². The molecule has 0 aliphatic rings. The number of rotatable bonds is 4. The van der Waals surface area contributed by atoms with Gasteiger partial charge in [0.15, 0.2) is 0 Å². The number of carbonyl (C=O) groups is 2. The molecule has 5 heteroatoms. The summed E-state index contributed by atoms with van der Waals surface area (Å²) in [4.78, 5) is 24.6. The van der Waals surface area contributed by atoms with Crippen LogP contribution in [0.15, 0.2) is 54.6 Å². The summed E-state index contributed by atoms with van der Waals surface area (Å²) >= 11 is 6.06. The molecular weight excluding hydrogens is 336 g/mol. The van der Waals surface area contributed by atoms with Gasteiger partial charge in [0.1, 0.15) is 0 Å². The van der Waals surface area contributed by atoms with Crippen LogP contribution in [0.5, 0.6) is 0 Å². The first kappa shape index (κ1) is 18.7. The van der Waals surface area contributed by atoms with E-state index in [0.29, 0.717) is 16.3 Å². The van der Waals surface area contributed by atoms with Crippen LogP contribution in [0.3, 0.4) is 0 Å². The maximum absolute atomic E-state index is 12.4. The topological polar surface area (TPSA) is 58.2 Å². The highest BCUT2D eigenvalue weighted by Crippen LogP contribution is 2.18. The Kier molecular flexibility index (Phi) is 5.99. The van der Waals surface area contributed by atoms with Crippen molar-refractivity contribution in [3.05, 3.63) is 70.8 Å². The number of anilines is 1. The lowest BCUT2D eigenvalue weighted by Gasteiger charge is -2.21. The van der Waals surface area contributed by atoms with Crippen molar-refractivity contribution in [3.63, 3.8) is 0 Å². The van der Waals surface area contributed by atoms with E-state index in [1.54, 1.807) is 36.4 Å². The van der Waals surface area contributed by atoms with Crippen LogP contribution in [0.1, 0.15) is 36.7 Å². The van der Waals surface area contributed by atoms with Crippen LogP contribution in [-0.2, 0) is 4.79 Å². The first-order chi connectivity index (χ1) is 11.8. The Hall–Kier alpha value is -2.59. The number of carbonyl (C=O) groups excluding carboxylic acids is 2. The quantitative estimate of drug-likeness (QED) is 0.791. The van der Waals surface area contributed by atoms with Crippen molar-refractivity contribution in [1.29, 1.82) is 0 Å². The average Bonchev–Trinajstić information content (AvgIpc) is 2.53. The molecule has 0 aliphatic carbocycles. The van der Waals surface area contributed by atoms with Crippen LogP contribution in [0.4, 0.5) is 5.69 Å². The van der Waals surface area contributed by atoms with Crippen LogP contribution in [-0.4, -0.2) is 17.4 Å². The molecule has 2 rings (SSSR count). The molecule has 2 aromatic carbocycles. The lowest BCUT2D eigenvalue weighted by atomic mass is 10.1. The van der Waals surface area contributed by atoms with Gasteiger partial charge in [0.25, 0.3) is 5.91 Å². The molecule has 25 heavy (non-hydrogen) atoms. The number of hydrogen-bond acceptors (Lipinski definition) is 2. The van der Waals surface area contributed by atoms with E-state index in [2.05, 4.69) is 10.6 Å². The highest BCUT2D eigenvalue weighted by Gasteiger charge is 2.18. The van der Waals surface area contributed by atoms with E-state index >= 15 is 0 Å². The van der Waals surface area contributed by atoms with Crippen molar-refractivity contribution in [2.45, 2.75) is 26.3 Å². The Bertz CT molecular complexity index is 807. The van der Waals surface area contributed by atoms with Crippen LogP contribution in [0, 0.1) is 0 Å². The van der Waals surface area contributed by atoms with Gasteiger partial charge in [-0.05, 0) is 50.6 Å². The van der Waals surface area contributed by atoms with E-state index < -0.39 is 0 Å². The predicted molar refractivity (Wildman–Crippen MR) is 103 cm³/mol. The first-order valence-corrected chi connectivity index (χ1v) is 8.29. The SMILES string of the molecule is CC(C)(C)NC(=O)c1ccccc1NC(=O)/C=C/c1ccccc1Cl. The van der Waals surface area contributed by atoms with E-state index in [-0.39, 0.29) is 17.4 Å². The number of amides is 2. The molecule has 0 aliphatic heterocycles.